The Balaban J connectivity index is 1.83. The molecule has 2 aromatic carbocycles. The Morgan fingerprint density at radius 3 is 2.55 bits per heavy atom. The van der Waals surface area contributed by atoms with E-state index in [0.29, 0.717) is 12.2 Å². The molecule has 6 nitrogen and oxygen atoms in total. The van der Waals surface area contributed by atoms with E-state index in [1.54, 1.807) is 6.07 Å². The van der Waals surface area contributed by atoms with Gasteiger partial charge in [0, 0.05) is 18.1 Å². The third kappa shape index (κ3) is 4.84. The van der Waals surface area contributed by atoms with E-state index < -0.39 is 39.7 Å². The van der Waals surface area contributed by atoms with E-state index in [1.165, 1.54) is 0 Å². The second kappa shape index (κ2) is 7.62. The van der Waals surface area contributed by atoms with Crippen molar-refractivity contribution in [3.8, 4) is 5.75 Å². The highest BCUT2D eigenvalue weighted by Gasteiger charge is 2.35. The molecule has 0 aliphatic carbocycles. The molecule has 1 N–H and O–H groups in total. The van der Waals surface area contributed by atoms with Crippen LogP contribution >= 0.6 is 0 Å². The first kappa shape index (κ1) is 21.0. The molecular weight excluding hydrogens is 402 g/mol. The fourth-order valence-corrected chi connectivity index (χ4v) is 4.19. The van der Waals surface area contributed by atoms with Gasteiger partial charge in [0.05, 0.1) is 18.0 Å². The Morgan fingerprint density at radius 1 is 1.21 bits per heavy atom. The lowest BCUT2D eigenvalue weighted by Crippen LogP contribution is -2.45. The molecule has 1 aliphatic heterocycles. The second-order valence-electron chi connectivity index (χ2n) is 7.59. The van der Waals surface area contributed by atoms with Crippen molar-refractivity contribution in [2.24, 2.45) is 0 Å². The highest BCUT2D eigenvalue weighted by atomic mass is 32.2. The zero-order valence-corrected chi connectivity index (χ0v) is 17.1. The van der Waals surface area contributed by atoms with E-state index in [0.717, 1.165) is 34.3 Å². The zero-order valence-electron chi connectivity index (χ0n) is 16.3. The minimum absolute atomic E-state index is 0.130. The maximum atomic E-state index is 13.6. The van der Waals surface area contributed by atoms with Gasteiger partial charge >= 0.3 is 0 Å². The molecule has 0 saturated carbocycles. The molecule has 0 bridgehead atoms. The summed E-state index contributed by atoms with van der Waals surface area (Å²) in [6, 6.07) is 9.58. The van der Waals surface area contributed by atoms with Gasteiger partial charge in [0.2, 0.25) is 15.9 Å². The summed E-state index contributed by atoms with van der Waals surface area (Å²) >= 11 is 0. The Morgan fingerprint density at radius 2 is 1.90 bits per heavy atom. The number of anilines is 1. The highest BCUT2D eigenvalue weighted by Crippen LogP contribution is 2.39. The van der Waals surface area contributed by atoms with Gasteiger partial charge in [-0.2, -0.15) is 0 Å². The number of fused-ring (bicyclic) bond motifs is 1. The molecule has 0 aromatic heterocycles. The predicted molar refractivity (Wildman–Crippen MR) is 105 cm³/mol. The quantitative estimate of drug-likeness (QED) is 0.800. The van der Waals surface area contributed by atoms with Crippen molar-refractivity contribution >= 4 is 21.6 Å². The number of para-hydroxylation sites is 1. The number of nitrogens with one attached hydrogen (secondary N) is 1. The summed E-state index contributed by atoms with van der Waals surface area (Å²) in [6.45, 7) is 3.22. The lowest BCUT2D eigenvalue weighted by molar-refractivity contribution is -0.120. The van der Waals surface area contributed by atoms with Crippen molar-refractivity contribution < 1.29 is 26.7 Å². The van der Waals surface area contributed by atoms with Crippen molar-refractivity contribution in [1.29, 1.82) is 0 Å². The zero-order chi connectivity index (χ0) is 21.4. The van der Waals surface area contributed by atoms with Gasteiger partial charge in [-0.1, -0.05) is 18.2 Å². The van der Waals surface area contributed by atoms with Crippen LogP contribution in [0.4, 0.5) is 14.5 Å². The van der Waals surface area contributed by atoms with Crippen LogP contribution in [0, 0.1) is 11.6 Å². The molecule has 0 fully saturated rings. The average molecular weight is 424 g/mol. The van der Waals surface area contributed by atoms with E-state index in [-0.39, 0.29) is 11.7 Å². The molecule has 9 heteroatoms. The van der Waals surface area contributed by atoms with E-state index in [2.05, 4.69) is 5.32 Å². The van der Waals surface area contributed by atoms with Gasteiger partial charge in [-0.05, 0) is 32.0 Å². The van der Waals surface area contributed by atoms with Crippen LogP contribution in [0.15, 0.2) is 42.5 Å². The first-order valence-electron chi connectivity index (χ1n) is 8.96. The molecule has 1 unspecified atom stereocenters. The van der Waals surface area contributed by atoms with Gasteiger partial charge in [-0.25, -0.2) is 17.2 Å². The predicted octanol–water partition coefficient (Wildman–Crippen LogP) is 3.15. The minimum atomic E-state index is -3.91. The summed E-state index contributed by atoms with van der Waals surface area (Å²) in [4.78, 5) is 12.7. The number of sulfonamides is 1. The highest BCUT2D eigenvalue weighted by molar-refractivity contribution is 7.92. The first-order chi connectivity index (χ1) is 13.5. The standard InChI is InChI=1S/C20H22F2N2O4S/c1-20(2)11-17(14-6-4-5-7-18(14)28-20)23-19(25)12-24(29(3,26)27)13-8-9-15(21)16(22)10-13/h4-10,17H,11-12H2,1-3H3,(H,23,25). The van der Waals surface area contributed by atoms with Crippen LogP contribution in [0.25, 0.3) is 0 Å². The number of carbonyl (C=O) groups excluding carboxylic acids is 1. The topological polar surface area (TPSA) is 75.7 Å². The SMILES string of the molecule is CC1(C)CC(NC(=O)CN(c2ccc(F)c(F)c2)S(C)(=O)=O)c2ccccc2O1. The normalized spacial score (nSPS) is 17.8. The number of ether oxygens (including phenoxy) is 1. The molecule has 1 aliphatic rings. The number of hydrogen-bond acceptors (Lipinski definition) is 4. The van der Waals surface area contributed by atoms with E-state index >= 15 is 0 Å². The average Bonchev–Trinajstić information content (AvgIpc) is 2.60. The van der Waals surface area contributed by atoms with Crippen molar-refractivity contribution in [3.05, 3.63) is 59.7 Å². The molecular formula is C20H22F2N2O4S. The number of rotatable bonds is 5. The Hall–Kier alpha value is -2.68. The number of amides is 1. The van der Waals surface area contributed by atoms with E-state index in [4.69, 9.17) is 4.74 Å². The molecule has 0 radical (unpaired) electrons. The summed E-state index contributed by atoms with van der Waals surface area (Å²) in [5, 5.41) is 2.84. The molecule has 1 atom stereocenters. The largest absolute Gasteiger partial charge is 0.487 e. The van der Waals surface area contributed by atoms with Gasteiger partial charge in [0.1, 0.15) is 17.9 Å². The summed E-state index contributed by atoms with van der Waals surface area (Å²) < 4.78 is 57.8. The summed E-state index contributed by atoms with van der Waals surface area (Å²) in [5.41, 5.74) is 0.135. The molecule has 0 saturated heterocycles. The molecule has 3 rings (SSSR count). The molecule has 1 heterocycles. The van der Waals surface area contributed by atoms with E-state index in [1.807, 2.05) is 32.0 Å². The third-order valence-corrected chi connectivity index (χ3v) is 5.73. The van der Waals surface area contributed by atoms with Crippen LogP contribution in [-0.2, 0) is 14.8 Å². The van der Waals surface area contributed by atoms with Crippen LogP contribution < -0.4 is 14.4 Å². The number of nitrogens with zero attached hydrogens (tertiary/aromatic N) is 1. The number of hydrogen-bond donors (Lipinski definition) is 1. The lowest BCUT2D eigenvalue weighted by atomic mass is 9.89. The number of benzene rings is 2. The van der Waals surface area contributed by atoms with Crippen molar-refractivity contribution in [3.63, 3.8) is 0 Å². The monoisotopic (exact) mass is 424 g/mol. The molecule has 1 amide bonds. The van der Waals surface area contributed by atoms with Gasteiger partial charge in [-0.3, -0.25) is 9.10 Å². The fourth-order valence-electron chi connectivity index (χ4n) is 3.34. The maximum absolute atomic E-state index is 13.6. The summed E-state index contributed by atoms with van der Waals surface area (Å²) in [6.07, 6.45) is 1.38. The van der Waals surface area contributed by atoms with Gasteiger partial charge in [-0.15, -0.1) is 0 Å². The molecule has 2 aromatic rings. The van der Waals surface area contributed by atoms with Gasteiger partial charge in [0.25, 0.3) is 0 Å². The second-order valence-corrected chi connectivity index (χ2v) is 9.50. The summed E-state index contributed by atoms with van der Waals surface area (Å²) in [7, 11) is -3.91. The van der Waals surface area contributed by atoms with Crippen molar-refractivity contribution in [2.45, 2.75) is 31.9 Å². The number of carbonyl (C=O) groups is 1. The van der Waals surface area contributed by atoms with E-state index in [9.17, 15) is 22.0 Å². The Bertz CT molecular complexity index is 1040. The fraction of sp³-hybridized carbons (Fsp3) is 0.350. The van der Waals surface area contributed by atoms with Crippen LogP contribution in [0.5, 0.6) is 5.75 Å². The lowest BCUT2D eigenvalue weighted by Gasteiger charge is -2.38. The molecule has 156 valence electrons. The third-order valence-electron chi connectivity index (χ3n) is 4.59. The molecule has 0 spiro atoms. The minimum Gasteiger partial charge on any atom is -0.487 e. The van der Waals surface area contributed by atoms with Gasteiger partial charge in [0.15, 0.2) is 11.6 Å². The maximum Gasteiger partial charge on any atom is 0.241 e. The van der Waals surface area contributed by atoms with Crippen LogP contribution in [-0.4, -0.2) is 32.7 Å². The summed E-state index contributed by atoms with van der Waals surface area (Å²) in [5.74, 6) is -2.23. The Labute approximate surface area is 168 Å². The number of halogens is 2. The van der Waals surface area contributed by atoms with Crippen molar-refractivity contribution in [1.82, 2.24) is 5.32 Å². The smallest absolute Gasteiger partial charge is 0.241 e. The van der Waals surface area contributed by atoms with Crippen LogP contribution in [0.2, 0.25) is 0 Å². The van der Waals surface area contributed by atoms with Crippen LogP contribution in [0.1, 0.15) is 31.9 Å². The van der Waals surface area contributed by atoms with Crippen LogP contribution in [0.3, 0.4) is 0 Å². The van der Waals surface area contributed by atoms with Gasteiger partial charge < -0.3 is 10.1 Å². The first-order valence-corrected chi connectivity index (χ1v) is 10.8. The van der Waals surface area contributed by atoms with Crippen molar-refractivity contribution in [2.75, 3.05) is 17.1 Å². The molecule has 29 heavy (non-hydrogen) atoms. The Kier molecular flexibility index (Phi) is 5.53.